The fourth-order valence-electron chi connectivity index (χ4n) is 2.40. The third-order valence-corrected chi connectivity index (χ3v) is 3.75. The number of quaternary nitrogens is 1. The normalized spacial score (nSPS) is 11.4. The molecule has 0 aliphatic carbocycles. The van der Waals surface area contributed by atoms with Gasteiger partial charge in [-0.3, -0.25) is 0 Å². The Kier molecular flexibility index (Phi) is 6.09. The van der Waals surface area contributed by atoms with E-state index in [-0.39, 0.29) is 0 Å². The number of benzene rings is 2. The molecule has 0 atom stereocenters. The molecule has 6 heteroatoms. The van der Waals surface area contributed by atoms with E-state index in [9.17, 15) is 13.2 Å². The van der Waals surface area contributed by atoms with E-state index < -0.39 is 11.7 Å². The van der Waals surface area contributed by atoms with E-state index in [1.807, 2.05) is 18.2 Å². The highest BCUT2D eigenvalue weighted by Gasteiger charge is 2.29. The summed E-state index contributed by atoms with van der Waals surface area (Å²) in [6.45, 7) is 1.47. The second-order valence-electron chi connectivity index (χ2n) is 5.42. The summed E-state index contributed by atoms with van der Waals surface area (Å²) in [5, 5.41) is 2.07. The van der Waals surface area contributed by atoms with Crippen molar-refractivity contribution in [2.75, 3.05) is 20.8 Å². The average Bonchev–Trinajstić information content (AvgIpc) is 2.58. The van der Waals surface area contributed by atoms with Gasteiger partial charge in [0.15, 0.2) is 11.5 Å². The van der Waals surface area contributed by atoms with Crippen molar-refractivity contribution in [2.24, 2.45) is 0 Å². The van der Waals surface area contributed by atoms with Gasteiger partial charge in [0.1, 0.15) is 6.54 Å². The highest BCUT2D eigenvalue weighted by molar-refractivity contribution is 5.42. The van der Waals surface area contributed by atoms with Gasteiger partial charge in [-0.05, 0) is 29.8 Å². The van der Waals surface area contributed by atoms with Crippen LogP contribution in [0.4, 0.5) is 13.2 Å². The Morgan fingerprint density at radius 2 is 1.50 bits per heavy atom. The zero-order valence-electron chi connectivity index (χ0n) is 13.7. The summed E-state index contributed by atoms with van der Waals surface area (Å²) in [7, 11) is 3.19. The van der Waals surface area contributed by atoms with Crippen LogP contribution in [0.15, 0.2) is 42.5 Å². The third kappa shape index (κ3) is 4.89. The van der Waals surface area contributed by atoms with Crippen LogP contribution in [-0.4, -0.2) is 20.8 Å². The molecule has 0 amide bonds. The molecule has 0 saturated heterocycles. The number of ether oxygens (including phenoxy) is 2. The molecule has 0 heterocycles. The quantitative estimate of drug-likeness (QED) is 0.787. The Labute approximate surface area is 139 Å². The highest BCUT2D eigenvalue weighted by atomic mass is 19.4. The van der Waals surface area contributed by atoms with Crippen molar-refractivity contribution < 1.29 is 28.0 Å². The van der Waals surface area contributed by atoms with Crippen LogP contribution < -0.4 is 14.8 Å². The zero-order chi connectivity index (χ0) is 17.6. The van der Waals surface area contributed by atoms with E-state index in [1.54, 1.807) is 14.2 Å². The predicted octanol–water partition coefficient (Wildman–Crippen LogP) is 3.03. The molecule has 0 aliphatic heterocycles. The van der Waals surface area contributed by atoms with Crippen molar-refractivity contribution in [3.8, 4) is 11.5 Å². The zero-order valence-corrected chi connectivity index (χ0v) is 13.7. The first-order chi connectivity index (χ1) is 11.4. The van der Waals surface area contributed by atoms with E-state index in [0.717, 1.165) is 36.2 Å². The Hall–Kier alpha value is -2.21. The topological polar surface area (TPSA) is 35.1 Å². The molecule has 2 rings (SSSR count). The van der Waals surface area contributed by atoms with Gasteiger partial charge in [0, 0.05) is 12.0 Å². The van der Waals surface area contributed by atoms with Gasteiger partial charge in [-0.2, -0.15) is 13.2 Å². The van der Waals surface area contributed by atoms with Crippen LogP contribution in [0.2, 0.25) is 0 Å². The smallest absolute Gasteiger partial charge is 0.416 e. The van der Waals surface area contributed by atoms with Crippen molar-refractivity contribution in [3.63, 3.8) is 0 Å². The second-order valence-corrected chi connectivity index (χ2v) is 5.42. The van der Waals surface area contributed by atoms with Crippen LogP contribution in [0.1, 0.15) is 16.7 Å². The maximum absolute atomic E-state index is 12.5. The van der Waals surface area contributed by atoms with Crippen molar-refractivity contribution in [3.05, 3.63) is 59.2 Å². The summed E-state index contributed by atoms with van der Waals surface area (Å²) >= 11 is 0. The van der Waals surface area contributed by atoms with E-state index in [0.29, 0.717) is 18.0 Å². The van der Waals surface area contributed by atoms with Gasteiger partial charge in [0.05, 0.1) is 26.3 Å². The fourth-order valence-corrected chi connectivity index (χ4v) is 2.40. The molecule has 0 saturated carbocycles. The summed E-state index contributed by atoms with van der Waals surface area (Å²) in [5.74, 6) is 1.38. The molecule has 2 aromatic rings. The molecule has 3 nitrogen and oxygen atoms in total. The standard InChI is InChI=1S/C18H20F3NO2/c1-23-16-8-5-13(11-17(16)24-2)9-10-22-12-14-3-6-15(7-4-14)18(19,20)21/h3-8,11,22H,9-10,12H2,1-2H3/p+1. The second kappa shape index (κ2) is 8.06. The number of nitrogens with two attached hydrogens (primary N) is 1. The number of alkyl halides is 3. The van der Waals surface area contributed by atoms with Crippen LogP contribution in [0, 0.1) is 0 Å². The molecule has 0 fully saturated rings. The summed E-state index contributed by atoms with van der Waals surface area (Å²) in [4.78, 5) is 0. The number of halogens is 3. The van der Waals surface area contributed by atoms with Gasteiger partial charge in [-0.25, -0.2) is 0 Å². The Balaban J connectivity index is 1.83. The van der Waals surface area contributed by atoms with Crippen molar-refractivity contribution >= 4 is 0 Å². The molecular weight excluding hydrogens is 319 g/mol. The van der Waals surface area contributed by atoms with Crippen LogP contribution in [0.5, 0.6) is 11.5 Å². The van der Waals surface area contributed by atoms with E-state index in [1.165, 1.54) is 12.1 Å². The lowest BCUT2D eigenvalue weighted by Gasteiger charge is -2.09. The number of methoxy groups -OCH3 is 2. The first-order valence-corrected chi connectivity index (χ1v) is 7.62. The van der Waals surface area contributed by atoms with Crippen molar-refractivity contribution in [1.82, 2.24) is 0 Å². The molecule has 130 valence electrons. The summed E-state index contributed by atoms with van der Waals surface area (Å²) in [6.07, 6.45) is -3.45. The van der Waals surface area contributed by atoms with Crippen LogP contribution in [-0.2, 0) is 19.1 Å². The lowest BCUT2D eigenvalue weighted by atomic mass is 10.1. The van der Waals surface area contributed by atoms with E-state index in [4.69, 9.17) is 9.47 Å². The van der Waals surface area contributed by atoms with Gasteiger partial charge in [0.2, 0.25) is 0 Å². The largest absolute Gasteiger partial charge is 0.493 e. The lowest BCUT2D eigenvalue weighted by Crippen LogP contribution is -2.83. The van der Waals surface area contributed by atoms with Gasteiger partial charge < -0.3 is 14.8 Å². The van der Waals surface area contributed by atoms with Crippen molar-refractivity contribution in [2.45, 2.75) is 19.1 Å². The fraction of sp³-hybridized carbons (Fsp3) is 0.333. The molecular formula is C18H21F3NO2+. The SMILES string of the molecule is COc1ccc(CC[NH2+]Cc2ccc(C(F)(F)F)cc2)cc1OC. The lowest BCUT2D eigenvalue weighted by molar-refractivity contribution is -0.670. The molecule has 0 radical (unpaired) electrons. The summed E-state index contributed by atoms with van der Waals surface area (Å²) in [5.41, 5.74) is 1.38. The number of hydrogen-bond donors (Lipinski definition) is 1. The molecule has 0 spiro atoms. The molecule has 0 aromatic heterocycles. The summed E-state index contributed by atoms with van der Waals surface area (Å²) < 4.78 is 48.0. The molecule has 24 heavy (non-hydrogen) atoms. The minimum absolute atomic E-state index is 0.614. The Bertz CT molecular complexity index is 654. The van der Waals surface area contributed by atoms with Gasteiger partial charge in [0.25, 0.3) is 0 Å². The van der Waals surface area contributed by atoms with Crippen LogP contribution in [0.3, 0.4) is 0 Å². The maximum Gasteiger partial charge on any atom is 0.416 e. The van der Waals surface area contributed by atoms with Crippen LogP contribution >= 0.6 is 0 Å². The van der Waals surface area contributed by atoms with Crippen molar-refractivity contribution in [1.29, 1.82) is 0 Å². The molecule has 0 aliphatic rings. The first-order valence-electron chi connectivity index (χ1n) is 7.62. The van der Waals surface area contributed by atoms with Gasteiger partial charge in [-0.1, -0.05) is 18.2 Å². The first kappa shape index (κ1) is 18.1. The maximum atomic E-state index is 12.5. The molecule has 0 bridgehead atoms. The minimum atomic E-state index is -4.28. The van der Waals surface area contributed by atoms with Crippen LogP contribution in [0.25, 0.3) is 0 Å². The average molecular weight is 340 g/mol. The number of hydrogen-bond acceptors (Lipinski definition) is 2. The molecule has 2 N–H and O–H groups in total. The van der Waals surface area contributed by atoms with E-state index >= 15 is 0 Å². The van der Waals surface area contributed by atoms with E-state index in [2.05, 4.69) is 5.32 Å². The molecule has 0 unspecified atom stereocenters. The highest BCUT2D eigenvalue weighted by Crippen LogP contribution is 2.29. The molecule has 2 aromatic carbocycles. The van der Waals surface area contributed by atoms with Gasteiger partial charge in [-0.15, -0.1) is 0 Å². The third-order valence-electron chi connectivity index (χ3n) is 3.75. The number of rotatable bonds is 7. The minimum Gasteiger partial charge on any atom is -0.493 e. The predicted molar refractivity (Wildman–Crippen MR) is 85.2 cm³/mol. The monoisotopic (exact) mass is 340 g/mol. The Morgan fingerprint density at radius 3 is 2.08 bits per heavy atom. The van der Waals surface area contributed by atoms with Gasteiger partial charge >= 0.3 is 6.18 Å². The summed E-state index contributed by atoms with van der Waals surface area (Å²) in [6, 6.07) is 11.1. The Morgan fingerprint density at radius 1 is 0.875 bits per heavy atom.